The minimum atomic E-state index is -0.204. The number of benzene rings is 2. The van der Waals surface area contributed by atoms with Crippen molar-refractivity contribution in [2.75, 3.05) is 37.6 Å². The number of rotatable bonds is 4. The lowest BCUT2D eigenvalue weighted by atomic mass is 10.1. The third-order valence-corrected chi connectivity index (χ3v) is 5.17. The fraction of sp³-hybridized carbons (Fsp3) is 0.364. The van der Waals surface area contributed by atoms with Crippen LogP contribution in [-0.4, -0.2) is 49.4 Å². The molecule has 1 aliphatic rings. The minimum absolute atomic E-state index is 0.0314. The van der Waals surface area contributed by atoms with E-state index < -0.39 is 0 Å². The number of aryl methyl sites for hydroxylation is 3. The van der Waals surface area contributed by atoms with Crippen molar-refractivity contribution in [3.05, 3.63) is 64.7 Å². The van der Waals surface area contributed by atoms with Gasteiger partial charge in [-0.2, -0.15) is 0 Å². The second-order valence-electron chi connectivity index (χ2n) is 7.19. The van der Waals surface area contributed by atoms with Gasteiger partial charge in [-0.25, -0.2) is 0 Å². The van der Waals surface area contributed by atoms with Crippen LogP contribution in [0.5, 0.6) is 0 Å². The third-order valence-electron chi connectivity index (χ3n) is 5.17. The largest absolute Gasteiger partial charge is 0.368 e. The number of carbonyl (C=O) groups excluding carboxylic acids is 2. The molecule has 142 valence electrons. The van der Waals surface area contributed by atoms with Crippen molar-refractivity contribution in [2.45, 2.75) is 20.8 Å². The standard InChI is InChI=1S/C22H27N3O2/c1-16-5-4-6-20(13-16)24-9-11-25(12-10-24)21(26)15-23-22(27)19-8-7-17(2)18(3)14-19/h4-8,13-14H,9-12,15H2,1-3H3,(H,23,27). The molecule has 0 saturated carbocycles. The molecule has 0 bridgehead atoms. The Kier molecular flexibility index (Phi) is 5.79. The summed E-state index contributed by atoms with van der Waals surface area (Å²) >= 11 is 0. The predicted octanol–water partition coefficient (Wildman–Crippen LogP) is 2.69. The van der Waals surface area contributed by atoms with E-state index in [1.165, 1.54) is 11.3 Å². The Morgan fingerprint density at radius 2 is 1.67 bits per heavy atom. The SMILES string of the molecule is Cc1cccc(N2CCN(C(=O)CNC(=O)c3ccc(C)c(C)c3)CC2)c1. The molecule has 0 aliphatic carbocycles. The number of hydrogen-bond donors (Lipinski definition) is 1. The first-order valence-electron chi connectivity index (χ1n) is 9.39. The van der Waals surface area contributed by atoms with Gasteiger partial charge >= 0.3 is 0 Å². The van der Waals surface area contributed by atoms with Gasteiger partial charge < -0.3 is 15.1 Å². The van der Waals surface area contributed by atoms with E-state index in [0.29, 0.717) is 18.7 Å². The zero-order chi connectivity index (χ0) is 19.4. The van der Waals surface area contributed by atoms with Crippen LogP contribution in [0.25, 0.3) is 0 Å². The number of anilines is 1. The van der Waals surface area contributed by atoms with E-state index in [4.69, 9.17) is 0 Å². The maximum absolute atomic E-state index is 12.4. The van der Waals surface area contributed by atoms with Crippen LogP contribution in [-0.2, 0) is 4.79 Å². The van der Waals surface area contributed by atoms with Crippen LogP contribution in [0.4, 0.5) is 5.69 Å². The maximum Gasteiger partial charge on any atom is 0.251 e. The van der Waals surface area contributed by atoms with Crippen molar-refractivity contribution in [3.8, 4) is 0 Å². The molecular weight excluding hydrogens is 338 g/mol. The molecule has 1 saturated heterocycles. The highest BCUT2D eigenvalue weighted by Crippen LogP contribution is 2.17. The molecule has 1 fully saturated rings. The van der Waals surface area contributed by atoms with Crippen LogP contribution in [0, 0.1) is 20.8 Å². The Hall–Kier alpha value is -2.82. The van der Waals surface area contributed by atoms with Crippen molar-refractivity contribution in [3.63, 3.8) is 0 Å². The molecule has 5 nitrogen and oxygen atoms in total. The smallest absolute Gasteiger partial charge is 0.251 e. The Labute approximate surface area is 161 Å². The number of amides is 2. The van der Waals surface area contributed by atoms with E-state index >= 15 is 0 Å². The zero-order valence-electron chi connectivity index (χ0n) is 16.3. The minimum Gasteiger partial charge on any atom is -0.368 e. The summed E-state index contributed by atoms with van der Waals surface area (Å²) < 4.78 is 0. The van der Waals surface area contributed by atoms with Gasteiger partial charge in [-0.05, 0) is 61.7 Å². The number of hydrogen-bond acceptors (Lipinski definition) is 3. The van der Waals surface area contributed by atoms with Gasteiger partial charge in [0.15, 0.2) is 0 Å². The summed E-state index contributed by atoms with van der Waals surface area (Å²) in [5.41, 5.74) is 5.25. The molecule has 1 heterocycles. The highest BCUT2D eigenvalue weighted by Gasteiger charge is 2.21. The average Bonchev–Trinajstić information content (AvgIpc) is 2.68. The first-order valence-corrected chi connectivity index (χ1v) is 9.39. The molecule has 0 spiro atoms. The topological polar surface area (TPSA) is 52.6 Å². The lowest BCUT2D eigenvalue weighted by Crippen LogP contribution is -2.51. The van der Waals surface area contributed by atoms with Crippen molar-refractivity contribution >= 4 is 17.5 Å². The quantitative estimate of drug-likeness (QED) is 0.906. The number of nitrogens with one attached hydrogen (secondary N) is 1. The first kappa shape index (κ1) is 19.0. The predicted molar refractivity (Wildman–Crippen MR) is 108 cm³/mol. The first-order chi connectivity index (χ1) is 12.9. The molecule has 2 aromatic carbocycles. The molecule has 0 unspecified atom stereocenters. The lowest BCUT2D eigenvalue weighted by Gasteiger charge is -2.36. The molecule has 2 aromatic rings. The van der Waals surface area contributed by atoms with Gasteiger partial charge in [0.25, 0.3) is 5.91 Å². The summed E-state index contributed by atoms with van der Waals surface area (Å²) in [6, 6.07) is 14.0. The Morgan fingerprint density at radius 1 is 0.926 bits per heavy atom. The van der Waals surface area contributed by atoms with Gasteiger partial charge in [0.05, 0.1) is 6.54 Å². The normalized spacial score (nSPS) is 14.2. The van der Waals surface area contributed by atoms with Gasteiger partial charge in [0, 0.05) is 37.4 Å². The Bertz CT molecular complexity index is 839. The fourth-order valence-electron chi connectivity index (χ4n) is 3.29. The fourth-order valence-corrected chi connectivity index (χ4v) is 3.29. The maximum atomic E-state index is 12.4. The van der Waals surface area contributed by atoms with E-state index in [1.54, 1.807) is 6.07 Å². The molecule has 0 aromatic heterocycles. The monoisotopic (exact) mass is 365 g/mol. The van der Waals surface area contributed by atoms with Crippen LogP contribution >= 0.6 is 0 Å². The van der Waals surface area contributed by atoms with Crippen LogP contribution in [0.2, 0.25) is 0 Å². The molecule has 1 aliphatic heterocycles. The van der Waals surface area contributed by atoms with Crippen LogP contribution < -0.4 is 10.2 Å². The van der Waals surface area contributed by atoms with Gasteiger partial charge in [-0.15, -0.1) is 0 Å². The molecule has 1 N–H and O–H groups in total. The van der Waals surface area contributed by atoms with E-state index in [2.05, 4.69) is 41.4 Å². The van der Waals surface area contributed by atoms with Crippen molar-refractivity contribution in [2.24, 2.45) is 0 Å². The van der Waals surface area contributed by atoms with E-state index in [-0.39, 0.29) is 18.4 Å². The van der Waals surface area contributed by atoms with Gasteiger partial charge in [0.1, 0.15) is 0 Å². The highest BCUT2D eigenvalue weighted by atomic mass is 16.2. The Balaban J connectivity index is 1.49. The van der Waals surface area contributed by atoms with Crippen molar-refractivity contribution in [1.29, 1.82) is 0 Å². The number of piperazine rings is 1. The summed E-state index contributed by atoms with van der Waals surface area (Å²) in [5, 5.41) is 2.75. The molecular formula is C22H27N3O2. The van der Waals surface area contributed by atoms with E-state index in [1.807, 2.05) is 30.9 Å². The summed E-state index contributed by atoms with van der Waals surface area (Å²) in [4.78, 5) is 28.8. The summed E-state index contributed by atoms with van der Waals surface area (Å²) in [5.74, 6) is -0.235. The molecule has 0 radical (unpaired) electrons. The van der Waals surface area contributed by atoms with E-state index in [0.717, 1.165) is 24.2 Å². The summed E-state index contributed by atoms with van der Waals surface area (Å²) in [6.07, 6.45) is 0. The van der Waals surface area contributed by atoms with Crippen LogP contribution in [0.15, 0.2) is 42.5 Å². The summed E-state index contributed by atoms with van der Waals surface area (Å²) in [7, 11) is 0. The molecule has 0 atom stereocenters. The zero-order valence-corrected chi connectivity index (χ0v) is 16.3. The van der Waals surface area contributed by atoms with Gasteiger partial charge in [-0.3, -0.25) is 9.59 Å². The molecule has 27 heavy (non-hydrogen) atoms. The molecule has 5 heteroatoms. The van der Waals surface area contributed by atoms with Crippen molar-refractivity contribution in [1.82, 2.24) is 10.2 Å². The van der Waals surface area contributed by atoms with E-state index in [9.17, 15) is 9.59 Å². The highest BCUT2D eigenvalue weighted by molar-refractivity contribution is 5.96. The van der Waals surface area contributed by atoms with Crippen LogP contribution in [0.1, 0.15) is 27.0 Å². The Morgan fingerprint density at radius 3 is 2.33 bits per heavy atom. The lowest BCUT2D eigenvalue weighted by molar-refractivity contribution is -0.130. The van der Waals surface area contributed by atoms with Gasteiger partial charge in [0.2, 0.25) is 5.91 Å². The van der Waals surface area contributed by atoms with Crippen LogP contribution in [0.3, 0.4) is 0 Å². The molecule has 2 amide bonds. The third kappa shape index (κ3) is 4.67. The second-order valence-corrected chi connectivity index (χ2v) is 7.19. The molecule has 3 rings (SSSR count). The second kappa shape index (κ2) is 8.25. The number of carbonyl (C=O) groups is 2. The van der Waals surface area contributed by atoms with Crippen molar-refractivity contribution < 1.29 is 9.59 Å². The number of nitrogens with zero attached hydrogens (tertiary/aromatic N) is 2. The van der Waals surface area contributed by atoms with Gasteiger partial charge in [-0.1, -0.05) is 18.2 Å². The average molecular weight is 365 g/mol. The summed E-state index contributed by atoms with van der Waals surface area (Å²) in [6.45, 7) is 9.07.